The molecular formula is C17H18ClN3OS. The number of halogens is 1. The highest BCUT2D eigenvalue weighted by molar-refractivity contribution is 7.15. The van der Waals surface area contributed by atoms with Gasteiger partial charge < -0.3 is 5.32 Å². The molecule has 0 spiro atoms. The molecule has 2 aromatic heterocycles. The number of benzene rings is 1. The molecule has 0 saturated heterocycles. The zero-order chi connectivity index (χ0) is 16.6. The van der Waals surface area contributed by atoms with Gasteiger partial charge in [0.25, 0.3) is 0 Å². The Balaban J connectivity index is 1.86. The molecule has 1 N–H and O–H groups in total. The van der Waals surface area contributed by atoms with Gasteiger partial charge in [0.15, 0.2) is 4.96 Å². The molecule has 1 aromatic carbocycles. The van der Waals surface area contributed by atoms with Gasteiger partial charge >= 0.3 is 0 Å². The van der Waals surface area contributed by atoms with Gasteiger partial charge in [0.2, 0.25) is 5.91 Å². The fourth-order valence-electron chi connectivity index (χ4n) is 2.34. The molecule has 0 radical (unpaired) electrons. The number of nitrogens with zero attached hydrogens (tertiary/aromatic N) is 2. The summed E-state index contributed by atoms with van der Waals surface area (Å²) in [7, 11) is 0. The summed E-state index contributed by atoms with van der Waals surface area (Å²) in [5, 5.41) is 5.67. The highest BCUT2D eigenvalue weighted by atomic mass is 35.5. The maximum Gasteiger partial charge on any atom is 0.226 e. The molecule has 23 heavy (non-hydrogen) atoms. The Morgan fingerprint density at radius 2 is 2.00 bits per heavy atom. The molecule has 2 heterocycles. The van der Waals surface area contributed by atoms with Crippen molar-refractivity contribution in [2.75, 3.05) is 0 Å². The minimum absolute atomic E-state index is 0.0129. The minimum Gasteiger partial charge on any atom is -0.351 e. The molecule has 120 valence electrons. The van der Waals surface area contributed by atoms with Crippen LogP contribution < -0.4 is 5.32 Å². The van der Waals surface area contributed by atoms with Crippen molar-refractivity contribution in [1.29, 1.82) is 0 Å². The van der Waals surface area contributed by atoms with Gasteiger partial charge in [-0.1, -0.05) is 23.7 Å². The molecule has 3 rings (SSSR count). The third kappa shape index (κ3) is 3.74. The van der Waals surface area contributed by atoms with Crippen LogP contribution in [0.15, 0.2) is 35.8 Å². The average molecular weight is 348 g/mol. The van der Waals surface area contributed by atoms with Crippen LogP contribution >= 0.6 is 22.9 Å². The minimum atomic E-state index is -0.227. The Morgan fingerprint density at radius 3 is 2.65 bits per heavy atom. The van der Waals surface area contributed by atoms with Crippen molar-refractivity contribution in [3.8, 4) is 11.3 Å². The first-order valence-electron chi connectivity index (χ1n) is 7.34. The SMILES string of the molecule is CC(C)(C)NC(=O)Cc1csc2nc(-c3ccc(Cl)cc3)cn12. The second-order valence-electron chi connectivity index (χ2n) is 6.49. The first kappa shape index (κ1) is 16.0. The van der Waals surface area contributed by atoms with Crippen LogP contribution in [0.25, 0.3) is 16.2 Å². The lowest BCUT2D eigenvalue weighted by molar-refractivity contribution is -0.121. The molecule has 0 aliphatic rings. The molecule has 4 nitrogen and oxygen atoms in total. The summed E-state index contributed by atoms with van der Waals surface area (Å²) in [6.07, 6.45) is 2.31. The van der Waals surface area contributed by atoms with Crippen molar-refractivity contribution < 1.29 is 4.79 Å². The molecule has 0 fully saturated rings. The van der Waals surface area contributed by atoms with Crippen LogP contribution in [-0.4, -0.2) is 20.8 Å². The van der Waals surface area contributed by atoms with E-state index in [0.29, 0.717) is 11.4 Å². The number of nitrogens with one attached hydrogen (secondary N) is 1. The molecule has 6 heteroatoms. The van der Waals surface area contributed by atoms with E-state index in [2.05, 4.69) is 10.3 Å². The number of rotatable bonds is 3. The third-order valence-electron chi connectivity index (χ3n) is 3.28. The van der Waals surface area contributed by atoms with E-state index in [0.717, 1.165) is 21.9 Å². The largest absolute Gasteiger partial charge is 0.351 e. The fraction of sp³-hybridized carbons (Fsp3) is 0.294. The second kappa shape index (κ2) is 5.98. The third-order valence-corrected chi connectivity index (χ3v) is 4.42. The Kier molecular flexibility index (Phi) is 4.17. The van der Waals surface area contributed by atoms with E-state index in [9.17, 15) is 4.79 Å². The summed E-state index contributed by atoms with van der Waals surface area (Å²) in [5.41, 5.74) is 2.61. The van der Waals surface area contributed by atoms with Gasteiger partial charge in [-0.05, 0) is 32.9 Å². The fourth-order valence-corrected chi connectivity index (χ4v) is 3.34. The van der Waals surface area contributed by atoms with E-state index in [-0.39, 0.29) is 11.4 Å². The van der Waals surface area contributed by atoms with Crippen LogP contribution in [0.4, 0.5) is 0 Å². The van der Waals surface area contributed by atoms with Crippen molar-refractivity contribution in [2.24, 2.45) is 0 Å². The first-order chi connectivity index (χ1) is 10.8. The number of fused-ring (bicyclic) bond motifs is 1. The normalized spacial score (nSPS) is 11.8. The molecule has 0 aliphatic heterocycles. The van der Waals surface area contributed by atoms with Crippen molar-refractivity contribution in [3.05, 3.63) is 46.6 Å². The van der Waals surface area contributed by atoms with Gasteiger partial charge in [0.05, 0.1) is 12.1 Å². The maximum absolute atomic E-state index is 12.1. The summed E-state index contributed by atoms with van der Waals surface area (Å²) in [6, 6.07) is 7.59. The van der Waals surface area contributed by atoms with Crippen LogP contribution in [-0.2, 0) is 11.2 Å². The van der Waals surface area contributed by atoms with Gasteiger partial charge in [0, 0.05) is 33.4 Å². The molecule has 0 bridgehead atoms. The van der Waals surface area contributed by atoms with Gasteiger partial charge in [-0.2, -0.15) is 0 Å². The van der Waals surface area contributed by atoms with E-state index in [1.54, 1.807) is 0 Å². The number of carbonyl (C=O) groups is 1. The van der Waals surface area contributed by atoms with Crippen molar-refractivity contribution in [1.82, 2.24) is 14.7 Å². The summed E-state index contributed by atoms with van der Waals surface area (Å²) in [6.45, 7) is 5.93. The Labute approximate surface area is 144 Å². The zero-order valence-corrected chi connectivity index (χ0v) is 14.8. The lowest BCUT2D eigenvalue weighted by Gasteiger charge is -2.20. The molecule has 0 aliphatic carbocycles. The smallest absolute Gasteiger partial charge is 0.226 e. The number of imidazole rings is 1. The Bertz CT molecular complexity index is 843. The lowest BCUT2D eigenvalue weighted by Crippen LogP contribution is -2.41. The van der Waals surface area contributed by atoms with Gasteiger partial charge in [-0.3, -0.25) is 9.20 Å². The van der Waals surface area contributed by atoms with Crippen LogP contribution in [0.1, 0.15) is 26.5 Å². The monoisotopic (exact) mass is 347 g/mol. The number of hydrogen-bond donors (Lipinski definition) is 1. The van der Waals surface area contributed by atoms with Crippen LogP contribution in [0, 0.1) is 0 Å². The molecular weight excluding hydrogens is 330 g/mol. The predicted molar refractivity (Wildman–Crippen MR) is 95.1 cm³/mol. The van der Waals surface area contributed by atoms with Crippen molar-refractivity contribution in [2.45, 2.75) is 32.7 Å². The number of hydrogen-bond acceptors (Lipinski definition) is 3. The summed E-state index contributed by atoms with van der Waals surface area (Å²) < 4.78 is 1.98. The van der Waals surface area contributed by atoms with E-state index in [1.807, 2.05) is 61.0 Å². The number of carbonyl (C=O) groups excluding carboxylic acids is 1. The summed E-state index contributed by atoms with van der Waals surface area (Å²) >= 11 is 7.46. The molecule has 3 aromatic rings. The van der Waals surface area contributed by atoms with E-state index >= 15 is 0 Å². The summed E-state index contributed by atoms with van der Waals surface area (Å²) in [4.78, 5) is 17.6. The molecule has 0 atom stereocenters. The second-order valence-corrected chi connectivity index (χ2v) is 7.76. The van der Waals surface area contributed by atoms with Gasteiger partial charge in [-0.25, -0.2) is 4.98 Å². The van der Waals surface area contributed by atoms with Crippen LogP contribution in [0.3, 0.4) is 0 Å². The first-order valence-corrected chi connectivity index (χ1v) is 8.60. The lowest BCUT2D eigenvalue weighted by atomic mass is 10.1. The van der Waals surface area contributed by atoms with E-state index in [1.165, 1.54) is 11.3 Å². The molecule has 0 saturated carbocycles. The quantitative estimate of drug-likeness (QED) is 0.772. The van der Waals surface area contributed by atoms with Gasteiger partial charge in [-0.15, -0.1) is 11.3 Å². The van der Waals surface area contributed by atoms with Gasteiger partial charge in [0.1, 0.15) is 0 Å². The van der Waals surface area contributed by atoms with Crippen molar-refractivity contribution in [3.63, 3.8) is 0 Å². The number of thiazole rings is 1. The average Bonchev–Trinajstić information content (AvgIpc) is 3.00. The highest BCUT2D eigenvalue weighted by Gasteiger charge is 2.16. The van der Waals surface area contributed by atoms with Crippen molar-refractivity contribution >= 4 is 33.8 Å². The number of amides is 1. The Morgan fingerprint density at radius 1 is 1.30 bits per heavy atom. The standard InChI is InChI=1S/C17H18ClN3OS/c1-17(2,3)20-15(22)8-13-10-23-16-19-14(9-21(13)16)11-4-6-12(18)7-5-11/h4-7,9-10H,8H2,1-3H3,(H,20,22). The maximum atomic E-state index is 12.1. The summed E-state index contributed by atoms with van der Waals surface area (Å²) in [5.74, 6) is 0.0129. The van der Waals surface area contributed by atoms with E-state index < -0.39 is 0 Å². The topological polar surface area (TPSA) is 46.4 Å². The molecule has 0 unspecified atom stereocenters. The molecule has 1 amide bonds. The van der Waals surface area contributed by atoms with Crippen LogP contribution in [0.5, 0.6) is 0 Å². The Hall–Kier alpha value is -1.85. The van der Waals surface area contributed by atoms with E-state index in [4.69, 9.17) is 11.6 Å². The number of aromatic nitrogens is 2. The predicted octanol–water partition coefficient (Wildman–Crippen LogP) is 4.17. The van der Waals surface area contributed by atoms with Crippen LogP contribution in [0.2, 0.25) is 5.02 Å². The zero-order valence-electron chi connectivity index (χ0n) is 13.3. The highest BCUT2D eigenvalue weighted by Crippen LogP contribution is 2.25.